The van der Waals surface area contributed by atoms with E-state index in [1.165, 1.54) is 12.8 Å². The van der Waals surface area contributed by atoms with Crippen LogP contribution >= 0.6 is 43.3 Å². The molecule has 3 aliphatic rings. The molecule has 4 atom stereocenters. The standard InChI is InChI=1S/C10H17BBr2.C2H6S/c1-6-8-4-7(10(8,2)3)5-9(6)11(12)13;1-3-2/h6-9H,4-5H2,1-3H3;1-2H3/t6-,7-,8+,9-;/m0./s1. The molecule has 4 heteroatoms. The lowest BCUT2D eigenvalue weighted by atomic mass is 9.41. The van der Waals surface area contributed by atoms with Crippen LogP contribution in [0.25, 0.3) is 0 Å². The number of hydrogen-bond donors (Lipinski definition) is 0. The summed E-state index contributed by atoms with van der Waals surface area (Å²) in [4.78, 5) is 0. The first-order valence-electron chi connectivity index (χ1n) is 6.04. The second kappa shape index (κ2) is 6.01. The van der Waals surface area contributed by atoms with Crippen molar-refractivity contribution in [2.75, 3.05) is 12.5 Å². The Hall–Kier alpha value is 1.37. The molecule has 3 aliphatic carbocycles. The fourth-order valence-corrected chi connectivity index (χ4v) is 4.92. The summed E-state index contributed by atoms with van der Waals surface area (Å²) in [6.45, 7) is 7.34. The van der Waals surface area contributed by atoms with Gasteiger partial charge in [-0.05, 0) is 47.9 Å². The van der Waals surface area contributed by atoms with E-state index in [1.807, 2.05) is 12.5 Å². The molecular weight excluding hydrogens is 347 g/mol. The molecule has 0 radical (unpaired) electrons. The Morgan fingerprint density at radius 1 is 1.19 bits per heavy atom. The minimum absolute atomic E-state index is 0.524. The Kier molecular flexibility index (Phi) is 5.80. The molecule has 0 spiro atoms. The van der Waals surface area contributed by atoms with Gasteiger partial charge in [0.1, 0.15) is 0 Å². The van der Waals surface area contributed by atoms with E-state index in [2.05, 4.69) is 52.3 Å². The van der Waals surface area contributed by atoms with Gasteiger partial charge >= 0.3 is 4.36 Å². The summed E-state index contributed by atoms with van der Waals surface area (Å²) < 4.78 is 0.524. The van der Waals surface area contributed by atoms with E-state index >= 15 is 0 Å². The van der Waals surface area contributed by atoms with E-state index in [4.69, 9.17) is 0 Å². The van der Waals surface area contributed by atoms with E-state index < -0.39 is 0 Å². The number of thioether (sulfide) groups is 1. The van der Waals surface area contributed by atoms with Crippen molar-refractivity contribution in [3.8, 4) is 0 Å². The fourth-order valence-electron chi connectivity index (χ4n) is 3.52. The van der Waals surface area contributed by atoms with Gasteiger partial charge in [-0.1, -0.05) is 27.2 Å². The van der Waals surface area contributed by atoms with Crippen molar-refractivity contribution in [1.82, 2.24) is 0 Å². The van der Waals surface area contributed by atoms with Gasteiger partial charge in [0.25, 0.3) is 0 Å². The Bertz CT molecular complexity index is 231. The Morgan fingerprint density at radius 2 is 1.69 bits per heavy atom. The van der Waals surface area contributed by atoms with Gasteiger partial charge in [-0.25, -0.2) is 0 Å². The summed E-state index contributed by atoms with van der Waals surface area (Å²) in [6.07, 6.45) is 6.98. The van der Waals surface area contributed by atoms with Crippen LogP contribution in [0.1, 0.15) is 33.6 Å². The molecular formula is C12H23BBr2S. The Labute approximate surface area is 122 Å². The highest BCUT2D eigenvalue weighted by atomic mass is 79.9. The van der Waals surface area contributed by atoms with Crippen LogP contribution in [0.15, 0.2) is 0 Å². The minimum atomic E-state index is 0.524. The average molecular weight is 370 g/mol. The Morgan fingerprint density at radius 3 is 2.00 bits per heavy atom. The zero-order chi connectivity index (χ0) is 12.5. The fraction of sp³-hybridized carbons (Fsp3) is 1.00. The van der Waals surface area contributed by atoms with Crippen molar-refractivity contribution in [2.24, 2.45) is 23.2 Å². The second-order valence-corrected chi connectivity index (χ2v) is 9.88. The van der Waals surface area contributed by atoms with Gasteiger partial charge in [0.2, 0.25) is 0 Å². The van der Waals surface area contributed by atoms with Gasteiger partial charge in [0, 0.05) is 0 Å². The molecule has 3 rings (SSSR count). The number of fused-ring (bicyclic) bond motifs is 2. The molecule has 0 aromatic heterocycles. The molecule has 94 valence electrons. The smallest absolute Gasteiger partial charge is 0.169 e. The highest BCUT2D eigenvalue weighted by molar-refractivity contribution is 9.49. The van der Waals surface area contributed by atoms with Crippen LogP contribution in [0.4, 0.5) is 0 Å². The maximum Gasteiger partial charge on any atom is 0.301 e. The second-order valence-electron chi connectivity index (χ2n) is 5.86. The molecule has 3 saturated carbocycles. The molecule has 0 unspecified atom stereocenters. The molecule has 0 saturated heterocycles. The zero-order valence-corrected chi connectivity index (χ0v) is 15.0. The maximum atomic E-state index is 3.68. The zero-order valence-electron chi connectivity index (χ0n) is 11.0. The molecule has 3 fully saturated rings. The van der Waals surface area contributed by atoms with Crippen molar-refractivity contribution >= 4 is 47.6 Å². The first-order chi connectivity index (χ1) is 7.36. The van der Waals surface area contributed by atoms with Gasteiger partial charge in [-0.2, -0.15) is 11.8 Å². The molecule has 0 heterocycles. The molecule has 0 aliphatic heterocycles. The van der Waals surface area contributed by atoms with Gasteiger partial charge in [-0.3, -0.25) is 0 Å². The normalized spacial score (nSPS) is 39.2. The summed E-state index contributed by atoms with van der Waals surface area (Å²) in [7, 11) is 0. The van der Waals surface area contributed by atoms with Gasteiger partial charge < -0.3 is 0 Å². The summed E-state index contributed by atoms with van der Waals surface area (Å²) in [5, 5.41) is 0. The highest BCUT2D eigenvalue weighted by Gasteiger charge is 2.57. The van der Waals surface area contributed by atoms with Crippen molar-refractivity contribution in [3.05, 3.63) is 0 Å². The third kappa shape index (κ3) is 2.85. The van der Waals surface area contributed by atoms with Crippen LogP contribution in [0.2, 0.25) is 5.82 Å². The minimum Gasteiger partial charge on any atom is -0.169 e. The van der Waals surface area contributed by atoms with Gasteiger partial charge in [0.15, 0.2) is 0 Å². The van der Waals surface area contributed by atoms with E-state index in [0.717, 1.165) is 23.6 Å². The summed E-state index contributed by atoms with van der Waals surface area (Å²) in [6, 6.07) is 0. The van der Waals surface area contributed by atoms with Gasteiger partial charge in [-0.15, -0.1) is 31.5 Å². The molecule has 0 aromatic rings. The summed E-state index contributed by atoms with van der Waals surface area (Å²) in [5.41, 5.74) is 0.630. The summed E-state index contributed by atoms with van der Waals surface area (Å²) in [5.74, 6) is 3.67. The van der Waals surface area contributed by atoms with Gasteiger partial charge in [0.05, 0.1) is 0 Å². The van der Waals surface area contributed by atoms with Crippen LogP contribution in [0.3, 0.4) is 0 Å². The maximum absolute atomic E-state index is 3.68. The van der Waals surface area contributed by atoms with E-state index in [9.17, 15) is 0 Å². The van der Waals surface area contributed by atoms with E-state index in [-0.39, 0.29) is 0 Å². The molecule has 0 nitrogen and oxygen atoms in total. The molecule has 0 amide bonds. The topological polar surface area (TPSA) is 0 Å². The lowest BCUT2D eigenvalue weighted by molar-refractivity contribution is -0.0982. The van der Waals surface area contributed by atoms with E-state index in [0.29, 0.717) is 9.78 Å². The first kappa shape index (κ1) is 15.4. The molecule has 2 bridgehead atoms. The lowest BCUT2D eigenvalue weighted by Gasteiger charge is -2.62. The van der Waals surface area contributed by atoms with Crippen LogP contribution in [0.5, 0.6) is 0 Å². The predicted molar refractivity (Wildman–Crippen MR) is 86.0 cm³/mol. The van der Waals surface area contributed by atoms with Crippen molar-refractivity contribution < 1.29 is 0 Å². The van der Waals surface area contributed by atoms with Crippen LogP contribution in [0, 0.1) is 23.2 Å². The van der Waals surface area contributed by atoms with Crippen LogP contribution < -0.4 is 0 Å². The van der Waals surface area contributed by atoms with Crippen molar-refractivity contribution in [3.63, 3.8) is 0 Å². The first-order valence-corrected chi connectivity index (χ1v) is 9.50. The number of rotatable bonds is 1. The molecule has 0 N–H and O–H groups in total. The monoisotopic (exact) mass is 368 g/mol. The quantitative estimate of drug-likeness (QED) is 0.564. The summed E-state index contributed by atoms with van der Waals surface area (Å²) >= 11 is 9.11. The molecule has 16 heavy (non-hydrogen) atoms. The number of hydrogen-bond acceptors (Lipinski definition) is 1. The van der Waals surface area contributed by atoms with Crippen LogP contribution in [-0.4, -0.2) is 16.9 Å². The average Bonchev–Trinajstić information content (AvgIpc) is 2.17. The third-order valence-corrected chi connectivity index (χ3v) is 6.09. The third-order valence-electron chi connectivity index (χ3n) is 4.74. The largest absolute Gasteiger partial charge is 0.301 e. The van der Waals surface area contributed by atoms with Crippen molar-refractivity contribution in [1.29, 1.82) is 0 Å². The number of halogens is 2. The predicted octanol–water partition coefficient (Wildman–Crippen LogP) is 5.32. The SMILES string of the molecule is CSC.C[C@@H]1[C@@H](B(Br)Br)C[C@@H]2C[C@H]1C2(C)C. The van der Waals surface area contributed by atoms with Crippen LogP contribution in [-0.2, 0) is 0 Å². The van der Waals surface area contributed by atoms with E-state index in [1.54, 1.807) is 11.8 Å². The molecule has 0 aromatic carbocycles. The Balaban J connectivity index is 0.000000386. The van der Waals surface area contributed by atoms with Crippen molar-refractivity contribution in [2.45, 2.75) is 39.4 Å². The highest BCUT2D eigenvalue weighted by Crippen LogP contribution is 2.65. The lowest BCUT2D eigenvalue weighted by Crippen LogP contribution is -2.54.